The fourth-order valence-corrected chi connectivity index (χ4v) is 3.42. The third kappa shape index (κ3) is 5.38. The molecule has 1 fully saturated rings. The number of Topliss-reactive ketones (excluding diaryl/α,β-unsaturated/α-hetero) is 1. The summed E-state index contributed by atoms with van der Waals surface area (Å²) in [4.78, 5) is 23.0. The minimum atomic E-state index is -1.77. The number of aliphatic hydroxyl groups is 4. The van der Waals surface area contributed by atoms with E-state index in [-0.39, 0.29) is 29.8 Å². The molecule has 2 aromatic carbocycles. The van der Waals surface area contributed by atoms with Crippen molar-refractivity contribution in [2.24, 2.45) is 0 Å². The van der Waals surface area contributed by atoms with Crippen molar-refractivity contribution in [1.82, 2.24) is 0 Å². The molecule has 0 radical (unpaired) electrons. The number of hydrogen-bond acceptors (Lipinski definition) is 11. The fourth-order valence-electron chi connectivity index (χ4n) is 3.42. The highest BCUT2D eigenvalue weighted by molar-refractivity contribution is 6.01. The Hall–Kier alpha value is -3.29. The second kappa shape index (κ2) is 10.1. The average molecular weight is 465 g/mol. The molecule has 0 amide bonds. The van der Waals surface area contributed by atoms with Gasteiger partial charge in [0.05, 0.1) is 11.5 Å². The highest BCUT2D eigenvalue weighted by atomic mass is 16.7. The molecular formula is C21H23NO11. The zero-order chi connectivity index (χ0) is 24.3. The molecule has 5 atom stereocenters. The summed E-state index contributed by atoms with van der Waals surface area (Å²) in [6.07, 6.45) is -7.98. The van der Waals surface area contributed by atoms with Crippen molar-refractivity contribution in [3.8, 4) is 17.2 Å². The topological polar surface area (TPSA) is 200 Å². The second-order valence-electron chi connectivity index (χ2n) is 7.50. The quantitative estimate of drug-likeness (QED) is 0.174. The summed E-state index contributed by atoms with van der Waals surface area (Å²) in [5.41, 5.74) is 0.201. The molecule has 3 rings (SSSR count). The molecule has 1 saturated heterocycles. The molecule has 178 valence electrons. The van der Waals surface area contributed by atoms with Crippen LogP contribution in [0.3, 0.4) is 0 Å². The summed E-state index contributed by atoms with van der Waals surface area (Å²) in [6.45, 7) is -0.697. The van der Waals surface area contributed by atoms with Crippen LogP contribution in [0.5, 0.6) is 17.2 Å². The zero-order valence-corrected chi connectivity index (χ0v) is 17.1. The summed E-state index contributed by atoms with van der Waals surface area (Å²) in [5.74, 6) is -2.03. The smallest absolute Gasteiger partial charge is 0.269 e. The maximum Gasteiger partial charge on any atom is 0.269 e. The number of non-ortho nitro benzene ring substituents is 1. The first-order chi connectivity index (χ1) is 15.6. The number of nitrogens with zero attached hydrogens (tertiary/aromatic N) is 1. The fraction of sp³-hybridized carbons (Fsp3) is 0.381. The largest absolute Gasteiger partial charge is 0.508 e. The van der Waals surface area contributed by atoms with E-state index in [1.807, 2.05) is 0 Å². The molecule has 0 aliphatic carbocycles. The Bertz CT molecular complexity index is 1010. The lowest BCUT2D eigenvalue weighted by molar-refractivity contribution is -0.384. The number of ketones is 1. The van der Waals surface area contributed by atoms with E-state index in [0.29, 0.717) is 5.56 Å². The van der Waals surface area contributed by atoms with Crippen molar-refractivity contribution in [2.75, 3.05) is 6.61 Å². The van der Waals surface area contributed by atoms with Gasteiger partial charge in [0.2, 0.25) is 6.29 Å². The highest BCUT2D eigenvalue weighted by Crippen LogP contribution is 2.36. The summed E-state index contributed by atoms with van der Waals surface area (Å²) >= 11 is 0. The van der Waals surface area contributed by atoms with Crippen molar-refractivity contribution in [2.45, 2.75) is 43.5 Å². The molecule has 0 saturated carbocycles. The van der Waals surface area contributed by atoms with Gasteiger partial charge in [0.15, 0.2) is 5.78 Å². The van der Waals surface area contributed by atoms with E-state index in [1.165, 1.54) is 24.3 Å². The van der Waals surface area contributed by atoms with Crippen molar-refractivity contribution in [3.05, 3.63) is 57.6 Å². The lowest BCUT2D eigenvalue weighted by Gasteiger charge is -2.39. The van der Waals surface area contributed by atoms with E-state index >= 15 is 0 Å². The normalized spacial score (nSPS) is 24.9. The van der Waals surface area contributed by atoms with Gasteiger partial charge in [0, 0.05) is 30.7 Å². The van der Waals surface area contributed by atoms with E-state index in [4.69, 9.17) is 9.47 Å². The first-order valence-corrected chi connectivity index (χ1v) is 9.92. The van der Waals surface area contributed by atoms with Crippen LogP contribution in [-0.4, -0.2) is 78.7 Å². The summed E-state index contributed by atoms with van der Waals surface area (Å²) in [7, 11) is 0. The molecular weight excluding hydrogens is 442 g/mol. The summed E-state index contributed by atoms with van der Waals surface area (Å²) in [6, 6.07) is 7.50. The van der Waals surface area contributed by atoms with E-state index < -0.39 is 59.5 Å². The molecule has 33 heavy (non-hydrogen) atoms. The van der Waals surface area contributed by atoms with E-state index in [2.05, 4.69) is 0 Å². The second-order valence-corrected chi connectivity index (χ2v) is 7.50. The van der Waals surface area contributed by atoms with Crippen LogP contribution < -0.4 is 4.74 Å². The monoisotopic (exact) mass is 465 g/mol. The van der Waals surface area contributed by atoms with E-state index in [9.17, 15) is 45.5 Å². The maximum atomic E-state index is 12.8. The Morgan fingerprint density at radius 3 is 2.33 bits per heavy atom. The number of aliphatic hydroxyl groups excluding tert-OH is 4. The van der Waals surface area contributed by atoms with E-state index in [1.54, 1.807) is 0 Å². The number of aryl methyl sites for hydroxylation is 1. The van der Waals surface area contributed by atoms with Gasteiger partial charge < -0.3 is 40.1 Å². The lowest BCUT2D eigenvalue weighted by Crippen LogP contribution is -2.60. The molecule has 6 N–H and O–H groups in total. The Morgan fingerprint density at radius 2 is 1.73 bits per heavy atom. The van der Waals surface area contributed by atoms with Gasteiger partial charge in [-0.3, -0.25) is 14.9 Å². The SMILES string of the molecule is O=C(CCc1ccc([N+](=O)[O-])cc1)c1c(O)cc(O)cc1OC1OC(CO)C(O)C(O)C1O. The molecule has 0 bridgehead atoms. The van der Waals surface area contributed by atoms with Crippen LogP contribution in [0.25, 0.3) is 0 Å². The predicted molar refractivity (Wildman–Crippen MR) is 110 cm³/mol. The Morgan fingerprint density at radius 1 is 1.06 bits per heavy atom. The maximum absolute atomic E-state index is 12.8. The minimum absolute atomic E-state index is 0.100. The van der Waals surface area contributed by atoms with Crippen molar-refractivity contribution < 1.29 is 49.8 Å². The number of carbonyl (C=O) groups is 1. The van der Waals surface area contributed by atoms with Crippen LogP contribution >= 0.6 is 0 Å². The van der Waals surface area contributed by atoms with Crippen LogP contribution in [0.4, 0.5) is 5.69 Å². The number of aromatic hydroxyl groups is 2. The molecule has 5 unspecified atom stereocenters. The van der Waals surface area contributed by atoms with Gasteiger partial charge >= 0.3 is 0 Å². The highest BCUT2D eigenvalue weighted by Gasteiger charge is 2.45. The van der Waals surface area contributed by atoms with Gasteiger partial charge in [-0.1, -0.05) is 12.1 Å². The van der Waals surface area contributed by atoms with Crippen LogP contribution in [0.2, 0.25) is 0 Å². The van der Waals surface area contributed by atoms with Gasteiger partial charge in [0.1, 0.15) is 47.2 Å². The summed E-state index contributed by atoms with van der Waals surface area (Å²) in [5, 5.41) is 70.1. The standard InChI is InChI=1S/C21H23NO11/c23-9-16-18(27)19(28)20(29)21(33-16)32-15-8-12(24)7-14(26)17(15)13(25)6-3-10-1-4-11(5-2-10)22(30)31/h1-2,4-5,7-8,16,18-21,23-24,26-29H,3,6,9H2. The van der Waals surface area contributed by atoms with Gasteiger partial charge in [0.25, 0.3) is 5.69 Å². The Labute approximate surface area is 187 Å². The van der Waals surface area contributed by atoms with E-state index in [0.717, 1.165) is 12.1 Å². The average Bonchev–Trinajstić information content (AvgIpc) is 2.77. The number of phenolic OH excluding ortho intramolecular Hbond substituents is 2. The molecule has 12 heteroatoms. The minimum Gasteiger partial charge on any atom is -0.508 e. The van der Waals surface area contributed by atoms with Gasteiger partial charge in [-0.2, -0.15) is 0 Å². The molecule has 1 heterocycles. The van der Waals surface area contributed by atoms with Crippen molar-refractivity contribution in [3.63, 3.8) is 0 Å². The Kier molecular flexibility index (Phi) is 7.46. The van der Waals surface area contributed by atoms with Crippen LogP contribution in [-0.2, 0) is 11.2 Å². The lowest BCUT2D eigenvalue weighted by atomic mass is 9.99. The van der Waals surface area contributed by atoms with Crippen LogP contribution in [0.1, 0.15) is 22.3 Å². The van der Waals surface area contributed by atoms with Crippen LogP contribution in [0.15, 0.2) is 36.4 Å². The number of carbonyl (C=O) groups excluding carboxylic acids is 1. The number of benzene rings is 2. The number of rotatable bonds is 8. The molecule has 1 aliphatic heterocycles. The first-order valence-electron chi connectivity index (χ1n) is 9.92. The molecule has 0 spiro atoms. The molecule has 2 aromatic rings. The molecule has 1 aliphatic rings. The number of ether oxygens (including phenoxy) is 2. The number of hydrogen-bond donors (Lipinski definition) is 6. The third-order valence-electron chi connectivity index (χ3n) is 5.22. The third-order valence-corrected chi connectivity index (χ3v) is 5.22. The predicted octanol–water partition coefficient (Wildman–Crippen LogP) is 0.000200. The van der Waals surface area contributed by atoms with Gasteiger partial charge in [-0.15, -0.1) is 0 Å². The number of nitro benzene ring substituents is 1. The van der Waals surface area contributed by atoms with Gasteiger partial charge in [-0.05, 0) is 12.0 Å². The number of nitro groups is 1. The summed E-state index contributed by atoms with van der Waals surface area (Å²) < 4.78 is 10.7. The van der Waals surface area contributed by atoms with Crippen molar-refractivity contribution in [1.29, 1.82) is 0 Å². The number of phenols is 2. The zero-order valence-electron chi connectivity index (χ0n) is 17.1. The molecule has 0 aromatic heterocycles. The van der Waals surface area contributed by atoms with Gasteiger partial charge in [-0.25, -0.2) is 0 Å². The Balaban J connectivity index is 1.80. The first kappa shape index (κ1) is 24.4. The van der Waals surface area contributed by atoms with Crippen molar-refractivity contribution >= 4 is 11.5 Å². The molecule has 12 nitrogen and oxygen atoms in total. The van der Waals surface area contributed by atoms with Crippen LogP contribution in [0, 0.1) is 10.1 Å².